The summed E-state index contributed by atoms with van der Waals surface area (Å²) in [6, 6.07) is 3.36. The number of nitrogens with zero attached hydrogens (tertiary/aromatic N) is 4. The minimum atomic E-state index is -4.73. The summed E-state index contributed by atoms with van der Waals surface area (Å²) in [5.41, 5.74) is -0.798. The lowest BCUT2D eigenvalue weighted by Crippen LogP contribution is -2.44. The van der Waals surface area contributed by atoms with Gasteiger partial charge in [0.15, 0.2) is 5.82 Å². The van der Waals surface area contributed by atoms with Crippen LogP contribution in [0.2, 0.25) is 10.0 Å². The summed E-state index contributed by atoms with van der Waals surface area (Å²) >= 11 is 17.7. The molecule has 5 nitrogen and oxygen atoms in total. The lowest BCUT2D eigenvalue weighted by molar-refractivity contribution is -0.137. The maximum Gasteiger partial charge on any atom is 0.418 e. The Labute approximate surface area is 183 Å². The van der Waals surface area contributed by atoms with Crippen molar-refractivity contribution >= 4 is 57.4 Å². The van der Waals surface area contributed by atoms with E-state index in [9.17, 15) is 22.4 Å². The Morgan fingerprint density at radius 3 is 2.50 bits per heavy atom. The van der Waals surface area contributed by atoms with Gasteiger partial charge in [-0.3, -0.25) is 4.79 Å². The van der Waals surface area contributed by atoms with Gasteiger partial charge >= 0.3 is 6.18 Å². The molecule has 12 heteroatoms. The lowest BCUT2D eigenvalue weighted by atomic mass is 10.1. The molecule has 0 fully saturated rings. The fourth-order valence-corrected chi connectivity index (χ4v) is 3.60. The van der Waals surface area contributed by atoms with Crippen molar-refractivity contribution in [3.63, 3.8) is 0 Å². The molecule has 0 spiro atoms. The Kier molecular flexibility index (Phi) is 6.18. The summed E-state index contributed by atoms with van der Waals surface area (Å²) in [4.78, 5) is 18.3. The van der Waals surface area contributed by atoms with Gasteiger partial charge in [-0.1, -0.05) is 34.8 Å². The third-order valence-corrected chi connectivity index (χ3v) is 5.26. The van der Waals surface area contributed by atoms with Crippen LogP contribution < -0.4 is 9.91 Å². The molecule has 2 aromatic rings. The first kappa shape index (κ1) is 22.6. The minimum absolute atomic E-state index is 0.00757. The third-order valence-electron chi connectivity index (χ3n) is 4.37. The third kappa shape index (κ3) is 4.33. The first-order chi connectivity index (χ1) is 13.9. The number of halogens is 7. The molecule has 1 aliphatic heterocycles. The number of aromatic nitrogens is 1. The van der Waals surface area contributed by atoms with Crippen molar-refractivity contribution in [1.82, 2.24) is 4.98 Å². The first-order valence-corrected chi connectivity index (χ1v) is 9.52. The maximum absolute atomic E-state index is 13.4. The SMILES string of the molecule is Cc1cc(C(F)(F)F)c(Cl)c(N2N=C(Cl)CC2C(=O)N(C)c2ccc(F)c(Cl)c2)n1. The molecule has 1 atom stereocenters. The topological polar surface area (TPSA) is 48.8 Å². The number of hydrogen-bond acceptors (Lipinski definition) is 4. The van der Waals surface area contributed by atoms with Crippen molar-refractivity contribution in [3.8, 4) is 0 Å². The lowest BCUT2D eigenvalue weighted by Gasteiger charge is -2.28. The number of hydrogen-bond donors (Lipinski definition) is 0. The molecule has 0 N–H and O–H groups in total. The van der Waals surface area contributed by atoms with Gasteiger partial charge in [0.1, 0.15) is 17.0 Å². The van der Waals surface area contributed by atoms with Gasteiger partial charge in [0, 0.05) is 24.8 Å². The van der Waals surface area contributed by atoms with Gasteiger partial charge in [0.05, 0.1) is 15.6 Å². The number of carbonyl (C=O) groups excluding carboxylic acids is 1. The van der Waals surface area contributed by atoms with Gasteiger partial charge in [-0.15, -0.1) is 0 Å². The van der Waals surface area contributed by atoms with Gasteiger partial charge in [0.2, 0.25) is 0 Å². The number of hydrazone groups is 1. The first-order valence-electron chi connectivity index (χ1n) is 8.39. The summed E-state index contributed by atoms with van der Waals surface area (Å²) in [6.45, 7) is 1.36. The molecule has 1 aliphatic rings. The zero-order valence-electron chi connectivity index (χ0n) is 15.4. The minimum Gasteiger partial charge on any atom is -0.314 e. The van der Waals surface area contributed by atoms with Crippen LogP contribution in [0.3, 0.4) is 0 Å². The van der Waals surface area contributed by atoms with E-state index in [1.807, 2.05) is 0 Å². The number of pyridine rings is 1. The summed E-state index contributed by atoms with van der Waals surface area (Å²) < 4.78 is 53.4. The molecule has 1 unspecified atom stereocenters. The molecule has 0 radical (unpaired) electrons. The highest BCUT2D eigenvalue weighted by Crippen LogP contribution is 2.41. The number of carbonyl (C=O) groups is 1. The van der Waals surface area contributed by atoms with Crippen molar-refractivity contribution in [2.24, 2.45) is 5.10 Å². The molecule has 0 aliphatic carbocycles. The highest BCUT2D eigenvalue weighted by molar-refractivity contribution is 6.66. The predicted molar refractivity (Wildman–Crippen MR) is 108 cm³/mol. The summed E-state index contributed by atoms with van der Waals surface area (Å²) in [6.07, 6.45) is -4.80. The van der Waals surface area contributed by atoms with E-state index in [4.69, 9.17) is 34.8 Å². The monoisotopic (exact) mass is 482 g/mol. The van der Waals surface area contributed by atoms with Crippen molar-refractivity contribution in [1.29, 1.82) is 0 Å². The molecule has 1 aromatic carbocycles. The van der Waals surface area contributed by atoms with Gasteiger partial charge in [0.25, 0.3) is 5.91 Å². The summed E-state index contributed by atoms with van der Waals surface area (Å²) in [7, 11) is 1.41. The van der Waals surface area contributed by atoms with E-state index in [2.05, 4.69) is 10.1 Å². The predicted octanol–water partition coefficient (Wildman–Crippen LogP) is 5.65. The molecule has 1 amide bonds. The van der Waals surface area contributed by atoms with Gasteiger partial charge in [-0.2, -0.15) is 18.3 Å². The Hall–Kier alpha value is -2.10. The number of amides is 1. The highest BCUT2D eigenvalue weighted by atomic mass is 35.5. The molecule has 0 saturated carbocycles. The van der Waals surface area contributed by atoms with E-state index in [1.165, 1.54) is 31.0 Å². The molecular weight excluding hydrogens is 471 g/mol. The van der Waals surface area contributed by atoms with E-state index < -0.39 is 34.5 Å². The standard InChI is InChI=1S/C18H13Cl3F4N4O/c1-8-5-10(18(23,24)25)15(21)16(26-8)29-13(7-14(20)27-29)17(30)28(2)9-3-4-12(22)11(19)6-9/h3-6,13H,7H2,1-2H3. The largest absolute Gasteiger partial charge is 0.418 e. The van der Waals surface area contributed by atoms with Crippen molar-refractivity contribution < 1.29 is 22.4 Å². The van der Waals surface area contributed by atoms with E-state index in [0.717, 1.165) is 17.1 Å². The van der Waals surface area contributed by atoms with Crippen LogP contribution in [0.15, 0.2) is 29.4 Å². The van der Waals surface area contributed by atoms with E-state index in [0.29, 0.717) is 0 Å². The Balaban J connectivity index is 2.00. The zero-order chi connectivity index (χ0) is 22.4. The van der Waals surface area contributed by atoms with Gasteiger partial charge in [-0.25, -0.2) is 14.4 Å². The second-order valence-electron chi connectivity index (χ2n) is 6.48. The van der Waals surface area contributed by atoms with Crippen LogP contribution in [0, 0.1) is 12.7 Å². The maximum atomic E-state index is 13.4. The fraction of sp³-hybridized carbons (Fsp3) is 0.278. The zero-order valence-corrected chi connectivity index (χ0v) is 17.7. The van der Waals surface area contributed by atoms with Crippen LogP contribution in [-0.4, -0.2) is 29.2 Å². The van der Waals surface area contributed by atoms with Crippen LogP contribution >= 0.6 is 34.8 Å². The fourth-order valence-electron chi connectivity index (χ4n) is 2.90. The Bertz CT molecular complexity index is 1040. The molecule has 30 heavy (non-hydrogen) atoms. The highest BCUT2D eigenvalue weighted by Gasteiger charge is 2.40. The van der Waals surface area contributed by atoms with Crippen LogP contribution in [0.5, 0.6) is 0 Å². The van der Waals surface area contributed by atoms with Crippen LogP contribution in [0.1, 0.15) is 17.7 Å². The van der Waals surface area contributed by atoms with Crippen molar-refractivity contribution in [3.05, 3.63) is 51.4 Å². The normalized spacial score (nSPS) is 16.6. The second kappa shape index (κ2) is 8.20. The molecule has 2 heterocycles. The molecule has 0 saturated heterocycles. The number of alkyl halides is 3. The number of anilines is 2. The average Bonchev–Trinajstić information content (AvgIpc) is 3.05. The molecule has 0 bridgehead atoms. The molecule has 160 valence electrons. The molecular formula is C18H13Cl3F4N4O. The Morgan fingerprint density at radius 1 is 1.23 bits per heavy atom. The number of aryl methyl sites for hydroxylation is 1. The van der Waals surface area contributed by atoms with Crippen LogP contribution in [0.4, 0.5) is 29.1 Å². The smallest absolute Gasteiger partial charge is 0.314 e. The number of likely N-dealkylation sites (N-methyl/N-ethyl adjacent to an activating group) is 1. The summed E-state index contributed by atoms with van der Waals surface area (Å²) in [5, 5.41) is 4.03. The molecule has 3 rings (SSSR count). The second-order valence-corrected chi connectivity index (χ2v) is 7.70. The van der Waals surface area contributed by atoms with E-state index >= 15 is 0 Å². The quantitative estimate of drug-likeness (QED) is 0.530. The van der Waals surface area contributed by atoms with Gasteiger partial charge in [-0.05, 0) is 31.2 Å². The number of rotatable bonds is 3. The van der Waals surface area contributed by atoms with E-state index in [1.54, 1.807) is 0 Å². The Morgan fingerprint density at radius 2 is 1.90 bits per heavy atom. The van der Waals surface area contributed by atoms with Crippen LogP contribution in [0.25, 0.3) is 0 Å². The average molecular weight is 484 g/mol. The molecule has 1 aromatic heterocycles. The van der Waals surface area contributed by atoms with Crippen LogP contribution in [-0.2, 0) is 11.0 Å². The van der Waals surface area contributed by atoms with Crippen molar-refractivity contribution in [2.45, 2.75) is 25.6 Å². The van der Waals surface area contributed by atoms with E-state index in [-0.39, 0.29) is 33.8 Å². The van der Waals surface area contributed by atoms with Gasteiger partial charge < -0.3 is 4.90 Å². The number of benzene rings is 1. The summed E-state index contributed by atoms with van der Waals surface area (Å²) in [5.74, 6) is -1.58. The van der Waals surface area contributed by atoms with Crippen molar-refractivity contribution in [2.75, 3.05) is 17.0 Å².